The Morgan fingerprint density at radius 1 is 1.47 bits per heavy atom. The third-order valence-electron chi connectivity index (χ3n) is 3.77. The number of ether oxygens (including phenoxy) is 1. The van der Waals surface area contributed by atoms with E-state index in [2.05, 4.69) is 10.6 Å². The highest BCUT2D eigenvalue weighted by molar-refractivity contribution is 5.89. The molecule has 2 fully saturated rings. The molecule has 3 rings (SSSR count). The summed E-state index contributed by atoms with van der Waals surface area (Å²) < 4.78 is 10.5. The van der Waals surface area contributed by atoms with Gasteiger partial charge >= 0.3 is 0 Å². The molecular formula is C13H18N2O4. The summed E-state index contributed by atoms with van der Waals surface area (Å²) >= 11 is 0. The van der Waals surface area contributed by atoms with Gasteiger partial charge in [-0.1, -0.05) is 5.16 Å². The predicted octanol–water partition coefficient (Wildman–Crippen LogP) is 1.24. The van der Waals surface area contributed by atoms with Crippen molar-refractivity contribution >= 4 is 5.91 Å². The van der Waals surface area contributed by atoms with Crippen molar-refractivity contribution in [2.24, 2.45) is 0 Å². The summed E-state index contributed by atoms with van der Waals surface area (Å²) in [5.41, 5.74) is 2.81. The van der Waals surface area contributed by atoms with E-state index >= 15 is 0 Å². The molecule has 1 N–H and O–H groups in total. The molecule has 2 aliphatic rings. The molecule has 1 amide bonds. The maximum Gasteiger partial charge on any atom is 0.257 e. The second-order valence-electron chi connectivity index (χ2n) is 5.28. The van der Waals surface area contributed by atoms with Gasteiger partial charge in [0.2, 0.25) is 0 Å². The van der Waals surface area contributed by atoms with E-state index in [1.165, 1.54) is 0 Å². The highest BCUT2D eigenvalue weighted by Crippen LogP contribution is 2.48. The van der Waals surface area contributed by atoms with Gasteiger partial charge in [0.15, 0.2) is 5.76 Å². The maximum atomic E-state index is 12.2. The normalized spacial score (nSPS) is 22.2. The van der Waals surface area contributed by atoms with Crippen LogP contribution in [0.25, 0.3) is 0 Å². The smallest absolute Gasteiger partial charge is 0.257 e. The minimum Gasteiger partial charge on any atom is -0.381 e. The number of hydroxylamine groups is 1. The molecule has 1 saturated carbocycles. The molecule has 0 aromatic carbocycles. The number of carbonyl (C=O) groups is 1. The zero-order valence-corrected chi connectivity index (χ0v) is 11.0. The largest absolute Gasteiger partial charge is 0.381 e. The number of nitrogens with one attached hydrogen (secondary N) is 1. The standard InChI is InChI=1S/C13H18N2O4/c1-9-8-11(19-14-9)13(4-5-13)12(16)15-18-10-2-6-17-7-3-10/h8,10H,2-7H2,1H3,(H,15,16). The Kier molecular flexibility index (Phi) is 3.28. The monoisotopic (exact) mass is 266 g/mol. The molecule has 0 unspecified atom stereocenters. The topological polar surface area (TPSA) is 73.6 Å². The molecule has 1 aliphatic carbocycles. The molecule has 19 heavy (non-hydrogen) atoms. The van der Waals surface area contributed by atoms with E-state index in [1.54, 1.807) is 0 Å². The molecule has 0 radical (unpaired) electrons. The Labute approximate surface area is 111 Å². The van der Waals surface area contributed by atoms with E-state index in [9.17, 15) is 4.79 Å². The molecule has 1 aliphatic heterocycles. The Morgan fingerprint density at radius 3 is 2.79 bits per heavy atom. The van der Waals surface area contributed by atoms with Crippen molar-refractivity contribution in [3.8, 4) is 0 Å². The first-order valence-electron chi connectivity index (χ1n) is 6.68. The molecule has 6 nitrogen and oxygen atoms in total. The van der Waals surface area contributed by atoms with Gasteiger partial charge in [-0.25, -0.2) is 5.48 Å². The van der Waals surface area contributed by atoms with E-state index in [-0.39, 0.29) is 12.0 Å². The van der Waals surface area contributed by atoms with Crippen LogP contribution in [0.3, 0.4) is 0 Å². The number of rotatable bonds is 4. The van der Waals surface area contributed by atoms with Gasteiger partial charge in [0.1, 0.15) is 5.41 Å². The van der Waals surface area contributed by atoms with Crippen molar-refractivity contribution in [1.29, 1.82) is 0 Å². The van der Waals surface area contributed by atoms with Crippen LogP contribution in [-0.2, 0) is 19.8 Å². The summed E-state index contributed by atoms with van der Waals surface area (Å²) in [6.07, 6.45) is 3.24. The van der Waals surface area contributed by atoms with Gasteiger partial charge in [-0.15, -0.1) is 0 Å². The van der Waals surface area contributed by atoms with Gasteiger partial charge in [-0.3, -0.25) is 9.63 Å². The first-order chi connectivity index (χ1) is 9.21. The van der Waals surface area contributed by atoms with Gasteiger partial charge < -0.3 is 9.26 Å². The number of carbonyl (C=O) groups excluding carboxylic acids is 1. The molecule has 104 valence electrons. The van der Waals surface area contributed by atoms with Crippen molar-refractivity contribution in [3.63, 3.8) is 0 Å². The van der Waals surface area contributed by atoms with Crippen LogP contribution >= 0.6 is 0 Å². The van der Waals surface area contributed by atoms with Crippen LogP contribution in [0.4, 0.5) is 0 Å². The summed E-state index contributed by atoms with van der Waals surface area (Å²) in [7, 11) is 0. The molecule has 0 spiro atoms. The molecule has 0 atom stereocenters. The van der Waals surface area contributed by atoms with Crippen LogP contribution in [-0.4, -0.2) is 30.4 Å². The lowest BCUT2D eigenvalue weighted by Gasteiger charge is -2.22. The van der Waals surface area contributed by atoms with Crippen molar-refractivity contribution < 1.29 is 18.9 Å². The van der Waals surface area contributed by atoms with Gasteiger partial charge in [0.25, 0.3) is 5.91 Å². The first kappa shape index (κ1) is 12.6. The highest BCUT2D eigenvalue weighted by Gasteiger charge is 2.55. The zero-order valence-electron chi connectivity index (χ0n) is 11.0. The number of aromatic nitrogens is 1. The van der Waals surface area contributed by atoms with E-state index in [0.717, 1.165) is 31.4 Å². The minimum absolute atomic E-state index is 0.0463. The Bertz CT molecular complexity index is 461. The quantitative estimate of drug-likeness (QED) is 0.830. The third kappa shape index (κ3) is 2.50. The van der Waals surface area contributed by atoms with Gasteiger partial charge in [0, 0.05) is 19.3 Å². The Morgan fingerprint density at radius 2 is 2.21 bits per heavy atom. The van der Waals surface area contributed by atoms with Gasteiger partial charge in [-0.2, -0.15) is 0 Å². The van der Waals surface area contributed by atoms with Crippen LogP contribution < -0.4 is 5.48 Å². The second-order valence-corrected chi connectivity index (χ2v) is 5.28. The van der Waals surface area contributed by atoms with Crippen LogP contribution in [0, 0.1) is 6.92 Å². The summed E-state index contributed by atoms with van der Waals surface area (Å²) in [6, 6.07) is 1.82. The summed E-state index contributed by atoms with van der Waals surface area (Å²) in [5.74, 6) is 0.508. The molecule has 6 heteroatoms. The Balaban J connectivity index is 1.58. The van der Waals surface area contributed by atoms with Crippen LogP contribution in [0.5, 0.6) is 0 Å². The van der Waals surface area contributed by atoms with Crippen molar-refractivity contribution in [3.05, 3.63) is 17.5 Å². The minimum atomic E-state index is -0.563. The van der Waals surface area contributed by atoms with Gasteiger partial charge in [0.05, 0.1) is 11.8 Å². The maximum absolute atomic E-state index is 12.2. The van der Waals surface area contributed by atoms with Crippen molar-refractivity contribution in [2.45, 2.75) is 44.1 Å². The van der Waals surface area contributed by atoms with Crippen LogP contribution in [0.1, 0.15) is 37.1 Å². The summed E-state index contributed by atoms with van der Waals surface area (Å²) in [6.45, 7) is 3.22. The summed E-state index contributed by atoms with van der Waals surface area (Å²) in [5, 5.41) is 3.84. The molecular weight excluding hydrogens is 248 g/mol. The predicted molar refractivity (Wildman–Crippen MR) is 65.2 cm³/mol. The fraction of sp³-hybridized carbons (Fsp3) is 0.692. The lowest BCUT2D eigenvalue weighted by Crippen LogP contribution is -2.39. The number of nitrogens with zero attached hydrogens (tertiary/aromatic N) is 1. The number of aryl methyl sites for hydroxylation is 1. The molecule has 0 bridgehead atoms. The Hall–Kier alpha value is -1.40. The average molecular weight is 266 g/mol. The van der Waals surface area contributed by atoms with Crippen molar-refractivity contribution in [1.82, 2.24) is 10.6 Å². The molecule has 1 aromatic rings. The molecule has 2 heterocycles. The van der Waals surface area contributed by atoms with E-state index < -0.39 is 5.41 Å². The van der Waals surface area contributed by atoms with Crippen LogP contribution in [0.2, 0.25) is 0 Å². The van der Waals surface area contributed by atoms with Gasteiger partial charge in [-0.05, 0) is 32.6 Å². The summed E-state index contributed by atoms with van der Waals surface area (Å²) in [4.78, 5) is 17.7. The number of amides is 1. The van der Waals surface area contributed by atoms with Crippen LogP contribution in [0.15, 0.2) is 10.6 Å². The highest BCUT2D eigenvalue weighted by atomic mass is 16.7. The fourth-order valence-electron chi connectivity index (χ4n) is 2.33. The lowest BCUT2D eigenvalue weighted by atomic mass is 10.0. The van der Waals surface area contributed by atoms with E-state index in [4.69, 9.17) is 14.1 Å². The molecule has 1 saturated heterocycles. The second kappa shape index (κ2) is 4.94. The molecule has 1 aromatic heterocycles. The lowest BCUT2D eigenvalue weighted by molar-refractivity contribution is -0.146. The van der Waals surface area contributed by atoms with E-state index in [1.807, 2.05) is 13.0 Å². The van der Waals surface area contributed by atoms with E-state index in [0.29, 0.717) is 19.0 Å². The fourth-order valence-corrected chi connectivity index (χ4v) is 2.33. The third-order valence-corrected chi connectivity index (χ3v) is 3.77. The first-order valence-corrected chi connectivity index (χ1v) is 6.68. The zero-order chi connectivity index (χ0) is 13.3. The number of hydrogen-bond donors (Lipinski definition) is 1. The van der Waals surface area contributed by atoms with Crippen molar-refractivity contribution in [2.75, 3.05) is 13.2 Å². The number of hydrogen-bond acceptors (Lipinski definition) is 5. The SMILES string of the molecule is Cc1cc(C2(C(=O)NOC3CCOCC3)CC2)on1. The average Bonchev–Trinajstić information content (AvgIpc) is 3.14.